The number of rotatable bonds is 10. The van der Waals surface area contributed by atoms with Gasteiger partial charge in [0.05, 0.1) is 22.9 Å². The number of aliphatic carboxylic acids is 1. The molecule has 16 nitrogen and oxygen atoms in total. The highest BCUT2D eigenvalue weighted by Crippen LogP contribution is 2.30. The van der Waals surface area contributed by atoms with E-state index in [0.29, 0.717) is 22.8 Å². The molecule has 0 saturated heterocycles. The second kappa shape index (κ2) is 15.2. The summed E-state index contributed by atoms with van der Waals surface area (Å²) in [6.07, 6.45) is 4.94. The van der Waals surface area contributed by atoms with Gasteiger partial charge in [0.2, 0.25) is 0 Å². The first-order valence-corrected chi connectivity index (χ1v) is 14.6. The van der Waals surface area contributed by atoms with Crippen LogP contribution >= 0.6 is 34.7 Å². The zero-order valence-electron chi connectivity index (χ0n) is 24.9. The molecule has 0 unspecified atom stereocenters. The van der Waals surface area contributed by atoms with Crippen LogP contribution in [0.2, 0.25) is 9.36 Å². The number of aromatic nitrogens is 4. The third-order valence-corrected chi connectivity index (χ3v) is 7.59. The predicted octanol–water partition coefficient (Wildman–Crippen LogP) is 3.37. The number of aryl methyl sites for hydroxylation is 3. The lowest BCUT2D eigenvalue weighted by molar-refractivity contribution is -0.134. The van der Waals surface area contributed by atoms with E-state index in [1.165, 1.54) is 22.8 Å². The molecule has 0 radical (unpaired) electrons. The SMILES string of the molecule is CC(=O)O.Cn1cc(NC(=O)c2cc(NC(=O)c3cc(NC(=O)c4nsc(Cl)c4Cl)cn3C)cn2C)cc1C(=O)NCCC(=N)N. The van der Waals surface area contributed by atoms with Gasteiger partial charge in [-0.1, -0.05) is 23.2 Å². The van der Waals surface area contributed by atoms with Crippen LogP contribution in [-0.2, 0) is 25.9 Å². The van der Waals surface area contributed by atoms with Crippen molar-refractivity contribution in [1.29, 1.82) is 5.41 Å². The predicted molar refractivity (Wildman–Crippen MR) is 174 cm³/mol. The van der Waals surface area contributed by atoms with Gasteiger partial charge in [0.15, 0.2) is 5.69 Å². The molecule has 0 bridgehead atoms. The number of anilines is 3. The summed E-state index contributed by atoms with van der Waals surface area (Å²) in [5.74, 6) is -2.75. The van der Waals surface area contributed by atoms with E-state index in [1.54, 1.807) is 48.9 Å². The van der Waals surface area contributed by atoms with Gasteiger partial charge in [-0.25, -0.2) is 0 Å². The number of halogens is 2. The summed E-state index contributed by atoms with van der Waals surface area (Å²) < 4.78 is 8.76. The van der Waals surface area contributed by atoms with Crippen molar-refractivity contribution in [2.45, 2.75) is 13.3 Å². The highest BCUT2D eigenvalue weighted by Gasteiger charge is 2.21. The highest BCUT2D eigenvalue weighted by atomic mass is 35.5. The van der Waals surface area contributed by atoms with Crippen molar-refractivity contribution < 1.29 is 29.1 Å². The van der Waals surface area contributed by atoms with Crippen LogP contribution in [0.4, 0.5) is 17.1 Å². The number of amidine groups is 1. The van der Waals surface area contributed by atoms with Gasteiger partial charge in [-0.15, -0.1) is 0 Å². The average molecular weight is 694 g/mol. The standard InChI is InChI=1S/C25H26Cl2N10O4S.C2H4O2/c1-35-9-12(6-15(35)22(38)30-5-4-18(28)29)31-23(39)16-7-13(10-36(16)2)32-24(40)17-8-14(11-37(17)3)33-25(41)20-19(26)21(27)42-34-20;1-2(3)4/h6-11H,4-5H2,1-3H3,(H3,28,29)(H,30,38)(H,31,39)(H,32,40)(H,33,41);1H3,(H,3,4). The number of hydrogen-bond acceptors (Lipinski definition) is 8. The Labute approximate surface area is 276 Å². The van der Waals surface area contributed by atoms with Crippen molar-refractivity contribution in [2.75, 3.05) is 22.5 Å². The number of hydrogen-bond donors (Lipinski definition) is 7. The molecule has 0 fully saturated rings. The van der Waals surface area contributed by atoms with E-state index in [0.717, 1.165) is 18.5 Å². The van der Waals surface area contributed by atoms with Crippen LogP contribution in [0.5, 0.6) is 0 Å². The number of nitrogens with two attached hydrogens (primary N) is 1. The first-order chi connectivity index (χ1) is 21.6. The molecule has 4 aromatic rings. The molecule has 244 valence electrons. The summed E-state index contributed by atoms with van der Waals surface area (Å²) in [5.41, 5.74) is 7.19. The lowest BCUT2D eigenvalue weighted by atomic mass is 10.3. The zero-order valence-corrected chi connectivity index (χ0v) is 27.2. The van der Waals surface area contributed by atoms with E-state index in [4.69, 9.17) is 44.2 Å². The van der Waals surface area contributed by atoms with E-state index >= 15 is 0 Å². The first kappa shape index (κ1) is 35.4. The lowest BCUT2D eigenvalue weighted by Crippen LogP contribution is -2.28. The Bertz CT molecular complexity index is 1820. The largest absolute Gasteiger partial charge is 0.481 e. The lowest BCUT2D eigenvalue weighted by Gasteiger charge is -2.04. The van der Waals surface area contributed by atoms with E-state index in [2.05, 4.69) is 25.6 Å². The van der Waals surface area contributed by atoms with Gasteiger partial charge in [-0.05, 0) is 29.7 Å². The third kappa shape index (κ3) is 9.19. The van der Waals surface area contributed by atoms with Crippen LogP contribution < -0.4 is 27.0 Å². The van der Waals surface area contributed by atoms with E-state index in [1.807, 2.05) is 0 Å². The molecule has 0 aromatic carbocycles. The smallest absolute Gasteiger partial charge is 0.300 e. The second-order valence-electron chi connectivity index (χ2n) is 9.71. The van der Waals surface area contributed by atoms with Gasteiger partial charge in [-0.3, -0.25) is 29.4 Å². The molecule has 8 N–H and O–H groups in total. The second-order valence-corrected chi connectivity index (χ2v) is 11.5. The van der Waals surface area contributed by atoms with Crippen molar-refractivity contribution in [1.82, 2.24) is 23.4 Å². The Morgan fingerprint density at radius 1 is 0.826 bits per heavy atom. The Morgan fingerprint density at radius 2 is 1.22 bits per heavy atom. The molecule has 4 heterocycles. The molecular formula is C27H30Cl2N10O6S. The number of carbonyl (C=O) groups is 5. The van der Waals surface area contributed by atoms with E-state index < -0.39 is 23.7 Å². The maximum atomic E-state index is 13.0. The molecule has 0 saturated carbocycles. The Kier molecular flexibility index (Phi) is 11.7. The number of carboxylic acids is 1. The Morgan fingerprint density at radius 3 is 1.59 bits per heavy atom. The summed E-state index contributed by atoms with van der Waals surface area (Å²) in [4.78, 5) is 59.9. The minimum absolute atomic E-state index is 0.0173. The molecule has 0 aliphatic carbocycles. The minimum atomic E-state index is -0.833. The van der Waals surface area contributed by atoms with Crippen molar-refractivity contribution in [2.24, 2.45) is 26.9 Å². The minimum Gasteiger partial charge on any atom is -0.481 e. The molecule has 19 heteroatoms. The fraction of sp³-hybridized carbons (Fsp3) is 0.222. The van der Waals surface area contributed by atoms with Crippen LogP contribution in [0.15, 0.2) is 36.8 Å². The van der Waals surface area contributed by atoms with Crippen molar-refractivity contribution in [3.8, 4) is 0 Å². The number of amides is 4. The van der Waals surface area contributed by atoms with Crippen LogP contribution in [0.1, 0.15) is 55.3 Å². The maximum absolute atomic E-state index is 13.0. The molecule has 4 rings (SSSR count). The van der Waals surface area contributed by atoms with Crippen LogP contribution in [-0.4, -0.2) is 65.2 Å². The van der Waals surface area contributed by atoms with Gasteiger partial charge in [0.25, 0.3) is 29.6 Å². The van der Waals surface area contributed by atoms with E-state index in [-0.39, 0.29) is 51.1 Å². The monoisotopic (exact) mass is 692 g/mol. The quantitative estimate of drug-likeness (QED) is 0.0959. The molecule has 4 amide bonds. The molecule has 46 heavy (non-hydrogen) atoms. The van der Waals surface area contributed by atoms with Gasteiger partial charge in [0, 0.05) is 59.6 Å². The Balaban J connectivity index is 0.00000136. The number of carbonyl (C=O) groups excluding carboxylic acids is 4. The van der Waals surface area contributed by atoms with Crippen LogP contribution in [0.25, 0.3) is 0 Å². The van der Waals surface area contributed by atoms with Crippen molar-refractivity contribution >= 4 is 87.2 Å². The number of nitrogens with zero attached hydrogens (tertiary/aromatic N) is 4. The average Bonchev–Trinajstić information content (AvgIpc) is 3.70. The molecule has 0 aliphatic rings. The topological polar surface area (TPSA) is 231 Å². The third-order valence-electron chi connectivity index (χ3n) is 5.98. The first-order valence-electron chi connectivity index (χ1n) is 13.1. The van der Waals surface area contributed by atoms with Crippen molar-refractivity contribution in [3.05, 3.63) is 68.9 Å². The Hall–Kier alpha value is -5.13. The van der Waals surface area contributed by atoms with Gasteiger partial charge >= 0.3 is 0 Å². The number of nitrogens with one attached hydrogen (secondary N) is 5. The fourth-order valence-corrected chi connectivity index (χ4v) is 4.95. The van der Waals surface area contributed by atoms with Crippen molar-refractivity contribution in [3.63, 3.8) is 0 Å². The van der Waals surface area contributed by atoms with E-state index in [9.17, 15) is 19.2 Å². The molecular weight excluding hydrogens is 663 g/mol. The van der Waals surface area contributed by atoms with Gasteiger partial charge in [0.1, 0.15) is 26.4 Å². The summed E-state index contributed by atoms with van der Waals surface area (Å²) in [7, 11) is 4.95. The summed E-state index contributed by atoms with van der Waals surface area (Å²) >= 11 is 12.8. The molecule has 0 aliphatic heterocycles. The van der Waals surface area contributed by atoms with Gasteiger partial charge < -0.3 is 45.8 Å². The summed E-state index contributed by atoms with van der Waals surface area (Å²) in [6.45, 7) is 1.30. The summed E-state index contributed by atoms with van der Waals surface area (Å²) in [5, 5.41) is 25.5. The molecule has 0 atom stereocenters. The molecule has 4 aromatic heterocycles. The van der Waals surface area contributed by atoms with Gasteiger partial charge in [-0.2, -0.15) is 4.37 Å². The summed E-state index contributed by atoms with van der Waals surface area (Å²) in [6, 6.07) is 4.51. The zero-order chi connectivity index (χ0) is 34.3. The highest BCUT2D eigenvalue weighted by molar-refractivity contribution is 7.11. The number of carboxylic acid groups (broad SMARTS) is 1. The normalized spacial score (nSPS) is 10.4. The fourth-order valence-electron chi connectivity index (χ4n) is 3.96. The van der Waals surface area contributed by atoms with Crippen LogP contribution in [0, 0.1) is 5.41 Å². The maximum Gasteiger partial charge on any atom is 0.300 e. The molecule has 0 spiro atoms. The van der Waals surface area contributed by atoms with Crippen LogP contribution in [0.3, 0.4) is 0 Å².